The SMILES string of the molecule is BC12CC1(B)C2CC. The second-order valence-electron chi connectivity index (χ2n) is 3.97. The van der Waals surface area contributed by atoms with Crippen molar-refractivity contribution >= 4 is 15.7 Å². The normalized spacial score (nSPS) is 66.9. The largest absolute Gasteiger partial charge is 0.109 e. The lowest BCUT2D eigenvalue weighted by atomic mass is 9.83. The molecule has 0 heterocycles. The highest BCUT2D eigenvalue weighted by atomic mass is 14.8. The highest BCUT2D eigenvalue weighted by Crippen LogP contribution is 2.99. The van der Waals surface area contributed by atoms with E-state index in [1.54, 1.807) is 0 Å². The van der Waals surface area contributed by atoms with E-state index in [1.807, 2.05) is 0 Å². The van der Waals surface area contributed by atoms with Gasteiger partial charge >= 0.3 is 0 Å². The molecule has 2 aliphatic carbocycles. The zero-order valence-corrected chi connectivity index (χ0v) is 5.99. The third-order valence-corrected chi connectivity index (χ3v) is 3.78. The maximum atomic E-state index is 2.43. The van der Waals surface area contributed by atoms with Gasteiger partial charge in [-0.25, -0.2) is 0 Å². The zero-order chi connectivity index (χ0) is 5.99. The van der Waals surface area contributed by atoms with Gasteiger partial charge in [0.15, 0.2) is 0 Å². The molecule has 2 unspecified atom stereocenters. The Hall–Kier alpha value is 0.130. The second-order valence-corrected chi connectivity index (χ2v) is 3.97. The van der Waals surface area contributed by atoms with Crippen LogP contribution in [0.3, 0.4) is 0 Å². The highest BCUT2D eigenvalue weighted by molar-refractivity contribution is 6.38. The molecule has 0 saturated heterocycles. The van der Waals surface area contributed by atoms with Crippen LogP contribution in [-0.2, 0) is 0 Å². The topological polar surface area (TPSA) is 0 Å². The molecule has 2 aliphatic rings. The van der Waals surface area contributed by atoms with Crippen LogP contribution < -0.4 is 0 Å². The summed E-state index contributed by atoms with van der Waals surface area (Å²) in [7, 11) is 4.86. The first-order valence-electron chi connectivity index (χ1n) is 3.65. The summed E-state index contributed by atoms with van der Waals surface area (Å²) in [6, 6.07) is 0. The fraction of sp³-hybridized carbons (Fsp3) is 1.00. The Labute approximate surface area is 52.9 Å². The van der Waals surface area contributed by atoms with Crippen LogP contribution in [0, 0.1) is 5.92 Å². The molecule has 0 aromatic carbocycles. The fourth-order valence-electron chi connectivity index (χ4n) is 2.81. The summed E-state index contributed by atoms with van der Waals surface area (Å²) >= 11 is 0. The Kier molecular flexibility index (Phi) is 0.566. The van der Waals surface area contributed by atoms with Gasteiger partial charge in [-0.15, -0.1) is 0 Å². The van der Waals surface area contributed by atoms with Gasteiger partial charge in [0.05, 0.1) is 0 Å². The summed E-state index contributed by atoms with van der Waals surface area (Å²) in [5.41, 5.74) is 0. The molecule has 2 heteroatoms. The molecule has 2 rings (SSSR count). The lowest BCUT2D eigenvalue weighted by Gasteiger charge is -2.04. The van der Waals surface area contributed by atoms with Gasteiger partial charge in [-0.05, 0) is 5.92 Å². The molecule has 0 radical (unpaired) electrons. The highest BCUT2D eigenvalue weighted by Gasteiger charge is 2.82. The molecule has 0 bridgehead atoms. The molecule has 2 fully saturated rings. The minimum atomic E-state index is 0.821. The van der Waals surface area contributed by atoms with Gasteiger partial charge in [-0.1, -0.05) is 30.4 Å². The van der Waals surface area contributed by atoms with Gasteiger partial charge in [-0.2, -0.15) is 0 Å². The van der Waals surface area contributed by atoms with Gasteiger partial charge in [-0.3, -0.25) is 0 Å². The van der Waals surface area contributed by atoms with E-state index >= 15 is 0 Å². The smallest absolute Gasteiger partial charge is 0.0651 e. The first-order valence-corrected chi connectivity index (χ1v) is 3.65. The van der Waals surface area contributed by atoms with Gasteiger partial charge in [0.25, 0.3) is 0 Å². The molecule has 0 spiro atoms. The number of fused-ring (bicyclic) bond motifs is 1. The molecule has 42 valence electrons. The second kappa shape index (κ2) is 0.913. The Morgan fingerprint density at radius 2 is 2.00 bits per heavy atom. The lowest BCUT2D eigenvalue weighted by Crippen LogP contribution is -1.93. The average molecular weight is 106 g/mol. The van der Waals surface area contributed by atoms with Crippen LogP contribution in [0.15, 0.2) is 0 Å². The molecule has 8 heavy (non-hydrogen) atoms. The predicted octanol–water partition coefficient (Wildman–Crippen LogP) is 0.0135. The standard InChI is InChI=1S/C6H12B2/c1-2-4-5(7)3-6(4,5)8/h4H,2-3,7-8H2,1H3. The molecule has 0 aliphatic heterocycles. The van der Waals surface area contributed by atoms with Crippen molar-refractivity contribution in [1.29, 1.82) is 0 Å². The Bertz CT molecular complexity index is 131. The van der Waals surface area contributed by atoms with Crippen LogP contribution >= 0.6 is 0 Å². The average Bonchev–Trinajstić information content (AvgIpc) is 2.26. The molecular formula is C6H12B2. The van der Waals surface area contributed by atoms with Gasteiger partial charge in [0.1, 0.15) is 15.7 Å². The molecule has 2 saturated carbocycles. The molecule has 0 nitrogen and oxygen atoms in total. The Morgan fingerprint density at radius 3 is 2.00 bits per heavy atom. The van der Waals surface area contributed by atoms with E-state index in [9.17, 15) is 0 Å². The first-order chi connectivity index (χ1) is 3.65. The van der Waals surface area contributed by atoms with Crippen molar-refractivity contribution in [3.05, 3.63) is 0 Å². The van der Waals surface area contributed by atoms with Crippen LogP contribution in [0.4, 0.5) is 0 Å². The van der Waals surface area contributed by atoms with Crippen molar-refractivity contribution in [2.75, 3.05) is 0 Å². The van der Waals surface area contributed by atoms with Crippen LogP contribution in [-0.4, -0.2) is 15.7 Å². The Balaban J connectivity index is 2.13. The number of rotatable bonds is 1. The summed E-state index contributed by atoms with van der Waals surface area (Å²) < 4.78 is 0. The van der Waals surface area contributed by atoms with Crippen molar-refractivity contribution in [3.63, 3.8) is 0 Å². The molecular weight excluding hydrogens is 93.7 g/mol. The molecule has 0 N–H and O–H groups in total. The zero-order valence-electron chi connectivity index (χ0n) is 5.99. The van der Waals surface area contributed by atoms with E-state index in [1.165, 1.54) is 12.8 Å². The Morgan fingerprint density at radius 1 is 1.50 bits per heavy atom. The number of hydrogen-bond acceptors (Lipinski definition) is 0. The third kappa shape index (κ3) is 0.255. The van der Waals surface area contributed by atoms with Crippen molar-refractivity contribution in [3.8, 4) is 0 Å². The maximum Gasteiger partial charge on any atom is 0.109 e. The van der Waals surface area contributed by atoms with Crippen LogP contribution in [0.5, 0.6) is 0 Å². The van der Waals surface area contributed by atoms with E-state index in [2.05, 4.69) is 22.6 Å². The fourth-order valence-corrected chi connectivity index (χ4v) is 2.81. The molecule has 2 atom stereocenters. The predicted molar refractivity (Wildman–Crippen MR) is 40.9 cm³/mol. The first kappa shape index (κ1) is 4.96. The lowest BCUT2D eigenvalue weighted by molar-refractivity contribution is 0.610. The number of hydrogen-bond donors (Lipinski definition) is 0. The van der Waals surface area contributed by atoms with E-state index < -0.39 is 0 Å². The van der Waals surface area contributed by atoms with Gasteiger partial charge in [0, 0.05) is 0 Å². The summed E-state index contributed by atoms with van der Waals surface area (Å²) in [5.74, 6) is 1.09. The third-order valence-electron chi connectivity index (χ3n) is 3.78. The maximum absolute atomic E-state index is 2.43. The van der Waals surface area contributed by atoms with E-state index in [4.69, 9.17) is 0 Å². The summed E-state index contributed by atoms with van der Waals surface area (Å²) in [4.78, 5) is 0. The minimum absolute atomic E-state index is 0.821. The van der Waals surface area contributed by atoms with Gasteiger partial charge < -0.3 is 0 Å². The molecule has 0 aromatic rings. The van der Waals surface area contributed by atoms with E-state index in [-0.39, 0.29) is 0 Å². The quantitative estimate of drug-likeness (QED) is 0.413. The van der Waals surface area contributed by atoms with E-state index in [0.717, 1.165) is 16.5 Å². The van der Waals surface area contributed by atoms with Crippen molar-refractivity contribution in [2.24, 2.45) is 5.92 Å². The molecule has 0 aromatic heterocycles. The molecule has 0 amide bonds. The van der Waals surface area contributed by atoms with Gasteiger partial charge in [0.2, 0.25) is 0 Å². The van der Waals surface area contributed by atoms with Crippen molar-refractivity contribution in [2.45, 2.75) is 30.4 Å². The summed E-state index contributed by atoms with van der Waals surface area (Å²) in [6.07, 6.45) is 2.92. The van der Waals surface area contributed by atoms with E-state index in [0.29, 0.717) is 0 Å². The van der Waals surface area contributed by atoms with Crippen LogP contribution in [0.2, 0.25) is 10.6 Å². The summed E-state index contributed by atoms with van der Waals surface area (Å²) in [5, 5.41) is 1.64. The van der Waals surface area contributed by atoms with Crippen molar-refractivity contribution in [1.82, 2.24) is 0 Å². The summed E-state index contributed by atoms with van der Waals surface area (Å²) in [6.45, 7) is 2.31. The monoisotopic (exact) mass is 106 g/mol. The van der Waals surface area contributed by atoms with Crippen LogP contribution in [0.1, 0.15) is 19.8 Å². The van der Waals surface area contributed by atoms with Crippen molar-refractivity contribution < 1.29 is 0 Å². The minimum Gasteiger partial charge on any atom is -0.0651 e. The van der Waals surface area contributed by atoms with Crippen LogP contribution in [0.25, 0.3) is 0 Å².